The molecule has 0 bridgehead atoms. The summed E-state index contributed by atoms with van der Waals surface area (Å²) in [7, 11) is 0. The molecule has 1 aromatic carbocycles. The minimum Gasteiger partial charge on any atom is -0.493 e. The number of rotatable bonds is 11. The number of anilines is 1. The van der Waals surface area contributed by atoms with Crippen LogP contribution in [0, 0.1) is 0 Å². The number of benzene rings is 1. The lowest BCUT2D eigenvalue weighted by Crippen LogP contribution is -2.21. The molecular weight excluding hydrogens is 390 g/mol. The van der Waals surface area contributed by atoms with Crippen molar-refractivity contribution in [2.24, 2.45) is 0 Å². The Morgan fingerprint density at radius 2 is 1.64 bits per heavy atom. The Kier molecular flexibility index (Phi) is 8.63. The highest BCUT2D eigenvalue weighted by Gasteiger charge is 2.27. The molecule has 0 aliphatic carbocycles. The summed E-state index contributed by atoms with van der Waals surface area (Å²) in [5.41, 5.74) is 0.750. The maximum atomic E-state index is 5.92. The Morgan fingerprint density at radius 3 is 2.14 bits per heavy atom. The van der Waals surface area contributed by atoms with Crippen LogP contribution in [-0.4, -0.2) is 27.6 Å². The summed E-state index contributed by atoms with van der Waals surface area (Å²) < 4.78 is 16.4. The summed E-state index contributed by atoms with van der Waals surface area (Å²) >= 11 is 7.04. The van der Waals surface area contributed by atoms with Gasteiger partial charge in [-0.15, -0.1) is 0 Å². The van der Waals surface area contributed by atoms with Crippen molar-refractivity contribution in [2.75, 3.05) is 18.5 Å². The van der Waals surface area contributed by atoms with Crippen LogP contribution in [-0.2, 0) is 5.41 Å². The van der Waals surface area contributed by atoms with Gasteiger partial charge in [0, 0.05) is 16.9 Å². The summed E-state index contributed by atoms with van der Waals surface area (Å²) in [4.78, 5) is 5.24. The van der Waals surface area contributed by atoms with Gasteiger partial charge in [-0.05, 0) is 37.8 Å². The quantitative estimate of drug-likeness (QED) is 0.450. The Bertz CT molecular complexity index is 747. The number of nitrogens with one attached hydrogen (secondary N) is 1. The van der Waals surface area contributed by atoms with Crippen LogP contribution in [0.3, 0.4) is 0 Å². The third-order valence-corrected chi connectivity index (χ3v) is 5.82. The standard InChI is InChI=1S/C21H31N3O2S2/c1-6-13-25-15-11-10-12-16(26-14-7-2)17(15)18(27)22-20-23-19(24-28-20)21(5,8-3)9-4/h10-12H,6-9,13-14H2,1-5H3,(H,22,23,24,27). The van der Waals surface area contributed by atoms with E-state index in [2.05, 4.69) is 44.3 Å². The van der Waals surface area contributed by atoms with Gasteiger partial charge in [0.25, 0.3) is 0 Å². The monoisotopic (exact) mass is 421 g/mol. The van der Waals surface area contributed by atoms with Gasteiger partial charge in [0.2, 0.25) is 5.13 Å². The van der Waals surface area contributed by atoms with E-state index >= 15 is 0 Å². The van der Waals surface area contributed by atoms with Crippen molar-refractivity contribution in [3.63, 3.8) is 0 Å². The second kappa shape index (κ2) is 10.7. The van der Waals surface area contributed by atoms with Crippen LogP contribution in [0.1, 0.15) is 71.7 Å². The highest BCUT2D eigenvalue weighted by molar-refractivity contribution is 7.81. The number of nitrogens with zero attached hydrogens (tertiary/aromatic N) is 2. The fourth-order valence-electron chi connectivity index (χ4n) is 2.64. The molecule has 0 aliphatic rings. The molecule has 0 atom stereocenters. The first-order chi connectivity index (χ1) is 13.5. The van der Waals surface area contributed by atoms with E-state index in [4.69, 9.17) is 26.7 Å². The average molecular weight is 422 g/mol. The lowest BCUT2D eigenvalue weighted by Gasteiger charge is -2.22. The molecule has 2 rings (SSSR count). The van der Waals surface area contributed by atoms with Crippen molar-refractivity contribution in [1.82, 2.24) is 9.36 Å². The minimum atomic E-state index is -0.0183. The summed E-state index contributed by atoms with van der Waals surface area (Å²) in [6.07, 6.45) is 3.83. The van der Waals surface area contributed by atoms with Crippen molar-refractivity contribution < 1.29 is 9.47 Å². The molecule has 0 fully saturated rings. The predicted molar refractivity (Wildman–Crippen MR) is 121 cm³/mol. The van der Waals surface area contributed by atoms with Crippen molar-refractivity contribution in [3.05, 3.63) is 29.6 Å². The molecule has 0 saturated heterocycles. The zero-order valence-corrected chi connectivity index (χ0v) is 19.1. The van der Waals surface area contributed by atoms with E-state index in [9.17, 15) is 0 Å². The summed E-state index contributed by atoms with van der Waals surface area (Å²) in [6, 6.07) is 5.78. The van der Waals surface area contributed by atoms with Crippen LogP contribution in [0.15, 0.2) is 18.2 Å². The Balaban J connectivity index is 2.28. The van der Waals surface area contributed by atoms with Gasteiger partial charge in [0.15, 0.2) is 5.82 Å². The fourth-order valence-corrected chi connectivity index (χ4v) is 3.72. The van der Waals surface area contributed by atoms with E-state index in [1.165, 1.54) is 11.5 Å². The number of ether oxygens (including phenoxy) is 2. The van der Waals surface area contributed by atoms with Gasteiger partial charge >= 0.3 is 0 Å². The first-order valence-electron chi connectivity index (χ1n) is 10.0. The van der Waals surface area contributed by atoms with E-state index in [1.54, 1.807) is 0 Å². The first kappa shape index (κ1) is 22.6. The Hall–Kier alpha value is -1.73. The highest BCUT2D eigenvalue weighted by atomic mass is 32.1. The topological polar surface area (TPSA) is 56.3 Å². The molecule has 0 radical (unpaired) electrons. The maximum absolute atomic E-state index is 5.92. The normalized spacial score (nSPS) is 11.3. The Morgan fingerprint density at radius 1 is 1.07 bits per heavy atom. The molecular formula is C21H31N3O2S2. The molecule has 0 aliphatic heterocycles. The number of aromatic nitrogens is 2. The molecule has 2 aromatic rings. The smallest absolute Gasteiger partial charge is 0.207 e. The molecule has 28 heavy (non-hydrogen) atoms. The van der Waals surface area contributed by atoms with Crippen molar-refractivity contribution >= 4 is 33.9 Å². The number of thiocarbonyl (C=S) groups is 1. The molecule has 5 nitrogen and oxygen atoms in total. The third kappa shape index (κ3) is 5.41. The molecule has 7 heteroatoms. The number of hydrogen-bond acceptors (Lipinski definition) is 6. The lowest BCUT2D eigenvalue weighted by atomic mass is 9.84. The van der Waals surface area contributed by atoms with E-state index in [-0.39, 0.29) is 5.41 Å². The second-order valence-corrected chi connectivity index (χ2v) is 8.13. The van der Waals surface area contributed by atoms with Gasteiger partial charge in [-0.3, -0.25) is 0 Å². The first-order valence-corrected chi connectivity index (χ1v) is 11.2. The van der Waals surface area contributed by atoms with Crippen LogP contribution in [0.25, 0.3) is 0 Å². The van der Waals surface area contributed by atoms with Crippen LogP contribution in [0.4, 0.5) is 5.13 Å². The van der Waals surface area contributed by atoms with E-state index in [1.807, 2.05) is 18.2 Å². The molecule has 0 amide bonds. The molecule has 1 N–H and O–H groups in total. The zero-order valence-electron chi connectivity index (χ0n) is 17.5. The van der Waals surface area contributed by atoms with Gasteiger partial charge < -0.3 is 14.8 Å². The Labute approximate surface area is 178 Å². The van der Waals surface area contributed by atoms with Crippen molar-refractivity contribution in [1.29, 1.82) is 0 Å². The molecule has 1 heterocycles. The van der Waals surface area contributed by atoms with Gasteiger partial charge in [-0.2, -0.15) is 4.37 Å². The van der Waals surface area contributed by atoms with Crippen LogP contribution < -0.4 is 14.8 Å². The highest BCUT2D eigenvalue weighted by Crippen LogP contribution is 2.33. The molecule has 0 unspecified atom stereocenters. The second-order valence-electron chi connectivity index (χ2n) is 6.97. The van der Waals surface area contributed by atoms with Gasteiger partial charge in [-0.1, -0.05) is 52.9 Å². The van der Waals surface area contributed by atoms with Crippen LogP contribution >= 0.6 is 23.8 Å². The molecule has 154 valence electrons. The maximum Gasteiger partial charge on any atom is 0.207 e. The average Bonchev–Trinajstić information content (AvgIpc) is 3.18. The lowest BCUT2D eigenvalue weighted by molar-refractivity contribution is 0.300. The van der Waals surface area contributed by atoms with Crippen LogP contribution in [0.5, 0.6) is 11.5 Å². The SMILES string of the molecule is CCCOc1cccc(OCCC)c1C(=S)Nc1nc(C(C)(CC)CC)ns1. The summed E-state index contributed by atoms with van der Waals surface area (Å²) in [5, 5.41) is 3.94. The van der Waals surface area contributed by atoms with Gasteiger partial charge in [0.1, 0.15) is 16.5 Å². The van der Waals surface area contributed by atoms with Gasteiger partial charge in [-0.25, -0.2) is 4.98 Å². The van der Waals surface area contributed by atoms with E-state index in [0.29, 0.717) is 23.3 Å². The van der Waals surface area contributed by atoms with Crippen LogP contribution in [0.2, 0.25) is 0 Å². The van der Waals surface area contributed by atoms with E-state index < -0.39 is 0 Å². The molecule has 0 spiro atoms. The molecule has 0 saturated carbocycles. The predicted octanol–water partition coefficient (Wildman–Crippen LogP) is 5.98. The fraction of sp³-hybridized carbons (Fsp3) is 0.571. The van der Waals surface area contributed by atoms with Gasteiger partial charge in [0.05, 0.1) is 18.8 Å². The minimum absolute atomic E-state index is 0.0183. The molecule has 1 aromatic heterocycles. The van der Waals surface area contributed by atoms with E-state index in [0.717, 1.165) is 48.6 Å². The third-order valence-electron chi connectivity index (χ3n) is 4.89. The van der Waals surface area contributed by atoms with Crippen molar-refractivity contribution in [2.45, 2.75) is 65.7 Å². The largest absolute Gasteiger partial charge is 0.493 e. The van der Waals surface area contributed by atoms with Crippen molar-refractivity contribution in [3.8, 4) is 11.5 Å². The summed E-state index contributed by atoms with van der Waals surface area (Å²) in [5.74, 6) is 2.32. The summed E-state index contributed by atoms with van der Waals surface area (Å²) in [6.45, 7) is 11.9. The zero-order chi connectivity index (χ0) is 20.6. The number of hydrogen-bond donors (Lipinski definition) is 1.